The van der Waals surface area contributed by atoms with E-state index in [2.05, 4.69) is 17.6 Å². The number of hydrogen-bond donors (Lipinski definition) is 2. The first-order valence-corrected chi connectivity index (χ1v) is 10.7. The van der Waals surface area contributed by atoms with Crippen LogP contribution in [0.3, 0.4) is 0 Å². The summed E-state index contributed by atoms with van der Waals surface area (Å²) in [4.78, 5) is 27.2. The summed E-state index contributed by atoms with van der Waals surface area (Å²) in [6.07, 6.45) is 2.87. The van der Waals surface area contributed by atoms with Gasteiger partial charge in [0, 0.05) is 16.1 Å². The smallest absolute Gasteiger partial charge is 0.258 e. The number of amides is 2. The Morgan fingerprint density at radius 2 is 1.69 bits per heavy atom. The van der Waals surface area contributed by atoms with E-state index >= 15 is 0 Å². The maximum atomic E-state index is 13.3. The molecule has 1 aliphatic carbocycles. The zero-order valence-corrected chi connectivity index (χ0v) is 17.4. The number of rotatable bonds is 4. The fourth-order valence-electron chi connectivity index (χ4n) is 3.74. The molecule has 29 heavy (non-hydrogen) atoms. The summed E-state index contributed by atoms with van der Waals surface area (Å²) in [6, 6.07) is 16.8. The minimum Gasteiger partial charge on any atom is -0.322 e. The number of carbonyl (C=O) groups excluding carboxylic acids is 2. The van der Waals surface area contributed by atoms with Crippen molar-refractivity contribution in [3.8, 4) is 0 Å². The highest BCUT2D eigenvalue weighted by Gasteiger charge is 2.28. The minimum absolute atomic E-state index is 0.158. The first-order chi connectivity index (χ1) is 14.0. The molecule has 4 rings (SSSR count). The van der Waals surface area contributed by atoms with E-state index in [0.29, 0.717) is 22.0 Å². The molecule has 0 aliphatic heterocycles. The van der Waals surface area contributed by atoms with E-state index in [1.54, 1.807) is 12.1 Å². The Labute approximate surface area is 175 Å². The third-order valence-corrected chi connectivity index (χ3v) is 6.56. The summed E-state index contributed by atoms with van der Waals surface area (Å²) in [5.41, 5.74) is 4.08. The van der Waals surface area contributed by atoms with Gasteiger partial charge in [0.2, 0.25) is 0 Å². The molecule has 1 aliphatic rings. The molecule has 0 unspecified atom stereocenters. The van der Waals surface area contributed by atoms with Gasteiger partial charge in [-0.3, -0.25) is 9.59 Å². The van der Waals surface area contributed by atoms with E-state index in [9.17, 15) is 9.59 Å². The van der Waals surface area contributed by atoms with Crippen LogP contribution in [0, 0.1) is 12.8 Å². The fourth-order valence-corrected chi connectivity index (χ4v) is 5.15. The molecule has 148 valence electrons. The number of fused-ring (bicyclic) bond motifs is 1. The van der Waals surface area contributed by atoms with Crippen molar-refractivity contribution in [3.63, 3.8) is 0 Å². The van der Waals surface area contributed by atoms with E-state index in [4.69, 9.17) is 0 Å². The number of thiophene rings is 1. The van der Waals surface area contributed by atoms with Crippen LogP contribution in [0.1, 0.15) is 50.1 Å². The third-order valence-electron chi connectivity index (χ3n) is 5.40. The SMILES string of the molecule is Cc1ccccc1NC(=O)c1c(NC(=O)c2ccccc2)sc2c1CC[C@H](C)C2. The number of aryl methyl sites for hydroxylation is 1. The molecule has 0 radical (unpaired) electrons. The largest absolute Gasteiger partial charge is 0.322 e. The Morgan fingerprint density at radius 3 is 2.45 bits per heavy atom. The van der Waals surface area contributed by atoms with Crippen molar-refractivity contribution in [2.24, 2.45) is 5.92 Å². The average molecular weight is 405 g/mol. The van der Waals surface area contributed by atoms with Crippen molar-refractivity contribution in [3.05, 3.63) is 81.7 Å². The zero-order chi connectivity index (χ0) is 20.4. The van der Waals surface area contributed by atoms with Gasteiger partial charge in [-0.15, -0.1) is 11.3 Å². The summed E-state index contributed by atoms with van der Waals surface area (Å²) in [6.45, 7) is 4.20. The molecule has 2 N–H and O–H groups in total. The molecule has 1 heterocycles. The molecular formula is C24H24N2O2S. The second-order valence-corrected chi connectivity index (χ2v) is 8.75. The van der Waals surface area contributed by atoms with Crippen molar-refractivity contribution in [2.75, 3.05) is 10.6 Å². The predicted octanol–water partition coefficient (Wildman–Crippen LogP) is 5.69. The summed E-state index contributed by atoms with van der Waals surface area (Å²) < 4.78 is 0. The second kappa shape index (κ2) is 8.21. The molecule has 5 heteroatoms. The Kier molecular flexibility index (Phi) is 5.49. The van der Waals surface area contributed by atoms with Crippen LogP contribution in [0.2, 0.25) is 0 Å². The van der Waals surface area contributed by atoms with Gasteiger partial charge in [-0.1, -0.05) is 43.3 Å². The molecule has 0 bridgehead atoms. The summed E-state index contributed by atoms with van der Waals surface area (Å²) >= 11 is 1.54. The van der Waals surface area contributed by atoms with Crippen molar-refractivity contribution < 1.29 is 9.59 Å². The van der Waals surface area contributed by atoms with Crippen LogP contribution in [0.4, 0.5) is 10.7 Å². The Balaban J connectivity index is 1.68. The standard InChI is InChI=1S/C24H24N2O2S/c1-15-12-13-18-20(14-15)29-24(26-22(27)17-9-4-3-5-10-17)21(18)23(28)25-19-11-7-6-8-16(19)2/h3-11,15H,12-14H2,1-2H3,(H,25,28)(H,26,27)/t15-/m0/s1. The molecule has 0 saturated carbocycles. The van der Waals surface area contributed by atoms with Gasteiger partial charge in [0.25, 0.3) is 11.8 Å². The molecule has 0 saturated heterocycles. The lowest BCUT2D eigenvalue weighted by atomic mass is 9.88. The highest BCUT2D eigenvalue weighted by Crippen LogP contribution is 2.40. The van der Waals surface area contributed by atoms with Gasteiger partial charge in [0.15, 0.2) is 0 Å². The second-order valence-electron chi connectivity index (χ2n) is 7.65. The number of nitrogens with one attached hydrogen (secondary N) is 2. The molecule has 0 spiro atoms. The molecule has 4 nitrogen and oxygen atoms in total. The maximum Gasteiger partial charge on any atom is 0.258 e. The number of hydrogen-bond acceptors (Lipinski definition) is 3. The van der Waals surface area contributed by atoms with Crippen LogP contribution < -0.4 is 10.6 Å². The summed E-state index contributed by atoms with van der Waals surface area (Å²) in [5.74, 6) is 0.239. The van der Waals surface area contributed by atoms with Gasteiger partial charge in [0.05, 0.1) is 5.56 Å². The highest BCUT2D eigenvalue weighted by atomic mass is 32.1. The lowest BCUT2D eigenvalue weighted by Crippen LogP contribution is -2.19. The van der Waals surface area contributed by atoms with Crippen LogP contribution in [0.5, 0.6) is 0 Å². The third kappa shape index (κ3) is 4.10. The van der Waals surface area contributed by atoms with Gasteiger partial charge in [-0.2, -0.15) is 0 Å². The van der Waals surface area contributed by atoms with Crippen molar-refractivity contribution in [2.45, 2.75) is 33.1 Å². The van der Waals surface area contributed by atoms with Crippen molar-refractivity contribution >= 4 is 33.8 Å². The predicted molar refractivity (Wildman–Crippen MR) is 119 cm³/mol. The molecule has 2 aromatic carbocycles. The number of para-hydroxylation sites is 1. The molecular weight excluding hydrogens is 380 g/mol. The van der Waals surface area contributed by atoms with Gasteiger partial charge in [-0.25, -0.2) is 0 Å². The van der Waals surface area contributed by atoms with E-state index in [0.717, 1.165) is 36.1 Å². The Hall–Kier alpha value is -2.92. The van der Waals surface area contributed by atoms with E-state index in [1.807, 2.05) is 49.4 Å². The lowest BCUT2D eigenvalue weighted by Gasteiger charge is -2.19. The van der Waals surface area contributed by atoms with E-state index in [1.165, 1.54) is 16.2 Å². The average Bonchev–Trinajstić information content (AvgIpc) is 3.07. The molecule has 1 atom stereocenters. The van der Waals surface area contributed by atoms with Gasteiger partial charge in [-0.05, 0) is 61.4 Å². The summed E-state index contributed by atoms with van der Waals surface area (Å²) in [5, 5.41) is 6.69. The molecule has 1 aromatic heterocycles. The lowest BCUT2D eigenvalue weighted by molar-refractivity contribution is 0.102. The van der Waals surface area contributed by atoms with Gasteiger partial charge < -0.3 is 10.6 Å². The highest BCUT2D eigenvalue weighted by molar-refractivity contribution is 7.17. The number of benzene rings is 2. The van der Waals surface area contributed by atoms with Gasteiger partial charge >= 0.3 is 0 Å². The van der Waals surface area contributed by atoms with Crippen LogP contribution in [-0.2, 0) is 12.8 Å². The number of carbonyl (C=O) groups is 2. The first kappa shape index (κ1) is 19.4. The molecule has 3 aromatic rings. The normalized spacial score (nSPS) is 15.4. The Morgan fingerprint density at radius 1 is 0.966 bits per heavy atom. The molecule has 0 fully saturated rings. The maximum absolute atomic E-state index is 13.3. The van der Waals surface area contributed by atoms with Crippen LogP contribution in [0.15, 0.2) is 54.6 Å². The zero-order valence-electron chi connectivity index (χ0n) is 16.6. The van der Waals surface area contributed by atoms with Crippen LogP contribution in [-0.4, -0.2) is 11.8 Å². The van der Waals surface area contributed by atoms with Crippen LogP contribution >= 0.6 is 11.3 Å². The monoisotopic (exact) mass is 404 g/mol. The summed E-state index contributed by atoms with van der Waals surface area (Å²) in [7, 11) is 0. The van der Waals surface area contributed by atoms with Crippen LogP contribution in [0.25, 0.3) is 0 Å². The minimum atomic E-state index is -0.192. The fraction of sp³-hybridized carbons (Fsp3) is 0.250. The van der Waals surface area contributed by atoms with Crippen molar-refractivity contribution in [1.29, 1.82) is 0 Å². The quantitative estimate of drug-likeness (QED) is 0.587. The van der Waals surface area contributed by atoms with E-state index in [-0.39, 0.29) is 11.8 Å². The van der Waals surface area contributed by atoms with E-state index < -0.39 is 0 Å². The number of anilines is 2. The molecule has 2 amide bonds. The Bertz CT molecular complexity index is 1060. The van der Waals surface area contributed by atoms with Gasteiger partial charge in [0.1, 0.15) is 5.00 Å². The topological polar surface area (TPSA) is 58.2 Å². The first-order valence-electron chi connectivity index (χ1n) is 9.91. The van der Waals surface area contributed by atoms with Crippen molar-refractivity contribution in [1.82, 2.24) is 0 Å².